The molecule has 2 aromatic rings. The predicted molar refractivity (Wildman–Crippen MR) is 103 cm³/mol. The Morgan fingerprint density at radius 1 is 1.04 bits per heavy atom. The number of halogens is 4. The van der Waals surface area contributed by atoms with Crippen molar-refractivity contribution in [3.63, 3.8) is 0 Å². The number of alkyl halides is 3. The van der Waals surface area contributed by atoms with Gasteiger partial charge in [-0.1, -0.05) is 12.1 Å². The molecule has 1 heterocycles. The molecule has 1 aliphatic heterocycles. The van der Waals surface area contributed by atoms with Gasteiger partial charge in [0.25, 0.3) is 0 Å². The van der Waals surface area contributed by atoms with E-state index in [0.29, 0.717) is 36.8 Å². The average Bonchev–Trinajstić information content (AvgIpc) is 2.61. The first-order valence-electron chi connectivity index (χ1n) is 8.92. The number of benzene rings is 2. The van der Waals surface area contributed by atoms with Crippen LogP contribution in [0, 0.1) is 0 Å². The number of fused-ring (bicyclic) bond motifs is 1. The molecule has 28 heavy (non-hydrogen) atoms. The van der Waals surface area contributed by atoms with Crippen LogP contribution >= 0.6 is 12.4 Å². The van der Waals surface area contributed by atoms with Gasteiger partial charge in [-0.25, -0.2) is 0 Å². The molecule has 0 aliphatic carbocycles. The van der Waals surface area contributed by atoms with Crippen molar-refractivity contribution in [2.45, 2.75) is 32.7 Å². The second-order valence-electron chi connectivity index (χ2n) is 6.12. The van der Waals surface area contributed by atoms with Gasteiger partial charge in [0.05, 0.1) is 19.3 Å². The minimum absolute atomic E-state index is 0. The van der Waals surface area contributed by atoms with E-state index in [-0.39, 0.29) is 24.2 Å². The van der Waals surface area contributed by atoms with Gasteiger partial charge in [0.1, 0.15) is 5.75 Å². The molecular formula is C20H23ClF3NO3. The molecule has 0 bridgehead atoms. The minimum Gasteiger partial charge on any atom is -0.490 e. The molecule has 1 N–H and O–H groups in total. The zero-order valence-corrected chi connectivity index (χ0v) is 16.5. The molecular weight excluding hydrogens is 395 g/mol. The van der Waals surface area contributed by atoms with Crippen LogP contribution < -0.4 is 19.5 Å². The average molecular weight is 418 g/mol. The fourth-order valence-electron chi connectivity index (χ4n) is 3.29. The Hall–Kier alpha value is -2.12. The lowest BCUT2D eigenvalue weighted by molar-refractivity contribution is -0.274. The van der Waals surface area contributed by atoms with E-state index >= 15 is 0 Å². The van der Waals surface area contributed by atoms with Gasteiger partial charge in [-0.2, -0.15) is 0 Å². The molecule has 2 aromatic carbocycles. The summed E-state index contributed by atoms with van der Waals surface area (Å²) in [6.07, 6.45) is -3.91. The van der Waals surface area contributed by atoms with Crippen LogP contribution in [0.15, 0.2) is 36.4 Å². The summed E-state index contributed by atoms with van der Waals surface area (Å²) in [4.78, 5) is 0. The summed E-state index contributed by atoms with van der Waals surface area (Å²) in [5.41, 5.74) is 2.76. The van der Waals surface area contributed by atoms with Gasteiger partial charge in [-0.15, -0.1) is 25.6 Å². The third kappa shape index (κ3) is 5.23. The van der Waals surface area contributed by atoms with Crippen molar-refractivity contribution in [1.29, 1.82) is 0 Å². The first kappa shape index (κ1) is 22.2. The van der Waals surface area contributed by atoms with Crippen molar-refractivity contribution >= 4 is 12.4 Å². The van der Waals surface area contributed by atoms with E-state index in [9.17, 15) is 13.2 Å². The molecule has 0 aromatic heterocycles. The summed E-state index contributed by atoms with van der Waals surface area (Å²) in [7, 11) is 0. The van der Waals surface area contributed by atoms with Crippen LogP contribution in [0.1, 0.15) is 36.6 Å². The highest BCUT2D eigenvalue weighted by Crippen LogP contribution is 2.38. The predicted octanol–water partition coefficient (Wildman–Crippen LogP) is 5.04. The van der Waals surface area contributed by atoms with Crippen LogP contribution in [0.25, 0.3) is 0 Å². The Labute approximate surface area is 168 Å². The van der Waals surface area contributed by atoms with Crippen LogP contribution in [-0.4, -0.2) is 26.1 Å². The minimum atomic E-state index is -4.72. The first-order valence-corrected chi connectivity index (χ1v) is 8.92. The second kappa shape index (κ2) is 9.39. The molecule has 0 radical (unpaired) electrons. The Morgan fingerprint density at radius 2 is 1.71 bits per heavy atom. The smallest absolute Gasteiger partial charge is 0.490 e. The van der Waals surface area contributed by atoms with Crippen molar-refractivity contribution in [1.82, 2.24) is 5.32 Å². The van der Waals surface area contributed by atoms with Gasteiger partial charge in [-0.3, -0.25) is 0 Å². The first-order chi connectivity index (χ1) is 12.9. The summed E-state index contributed by atoms with van der Waals surface area (Å²) in [6, 6.07) is 9.69. The lowest BCUT2D eigenvalue weighted by Crippen LogP contribution is -2.30. The highest BCUT2D eigenvalue weighted by atomic mass is 35.5. The summed E-state index contributed by atoms with van der Waals surface area (Å²) < 4.78 is 53.1. The second-order valence-corrected chi connectivity index (χ2v) is 6.12. The quantitative estimate of drug-likeness (QED) is 0.714. The fourth-order valence-corrected chi connectivity index (χ4v) is 3.29. The van der Waals surface area contributed by atoms with Crippen molar-refractivity contribution in [3.05, 3.63) is 53.1 Å². The topological polar surface area (TPSA) is 39.7 Å². The normalized spacial score (nSPS) is 16.0. The Bertz CT molecular complexity index is 799. The summed E-state index contributed by atoms with van der Waals surface area (Å²) >= 11 is 0. The largest absolute Gasteiger partial charge is 0.573 e. The van der Waals surface area contributed by atoms with E-state index in [1.54, 1.807) is 12.1 Å². The van der Waals surface area contributed by atoms with E-state index in [1.165, 1.54) is 12.1 Å². The molecule has 1 atom stereocenters. The lowest BCUT2D eigenvalue weighted by atomic mass is 9.89. The molecule has 0 spiro atoms. The van der Waals surface area contributed by atoms with Crippen molar-refractivity contribution < 1.29 is 27.4 Å². The van der Waals surface area contributed by atoms with Gasteiger partial charge in [0.15, 0.2) is 11.5 Å². The van der Waals surface area contributed by atoms with Crippen LogP contribution in [0.3, 0.4) is 0 Å². The van der Waals surface area contributed by atoms with Crippen molar-refractivity contribution in [2.75, 3.05) is 19.8 Å². The monoisotopic (exact) mass is 417 g/mol. The van der Waals surface area contributed by atoms with Crippen LogP contribution in [0.2, 0.25) is 0 Å². The molecule has 4 nitrogen and oxygen atoms in total. The van der Waals surface area contributed by atoms with Crippen LogP contribution in [0.4, 0.5) is 13.2 Å². The summed E-state index contributed by atoms with van der Waals surface area (Å²) in [6.45, 7) is 5.53. The molecule has 0 fully saturated rings. The maximum absolute atomic E-state index is 12.5. The highest BCUT2D eigenvalue weighted by Gasteiger charge is 2.31. The van der Waals surface area contributed by atoms with Crippen LogP contribution in [-0.2, 0) is 6.42 Å². The molecule has 1 unspecified atom stereocenters. The van der Waals surface area contributed by atoms with Gasteiger partial charge in [0.2, 0.25) is 0 Å². The fraction of sp³-hybridized carbons (Fsp3) is 0.400. The number of nitrogens with one attached hydrogen (secondary N) is 1. The maximum Gasteiger partial charge on any atom is 0.573 e. The third-order valence-corrected chi connectivity index (χ3v) is 4.28. The van der Waals surface area contributed by atoms with Gasteiger partial charge in [0, 0.05) is 6.54 Å². The zero-order valence-electron chi connectivity index (χ0n) is 15.6. The van der Waals surface area contributed by atoms with E-state index in [1.807, 2.05) is 26.0 Å². The SMILES string of the molecule is CCOc1cc2c(cc1OCC)C(c1cccc(OC(F)(F)F)c1)NCC2.Cl. The van der Waals surface area contributed by atoms with Crippen molar-refractivity contribution in [2.24, 2.45) is 0 Å². The van der Waals surface area contributed by atoms with Gasteiger partial charge >= 0.3 is 6.36 Å². The molecule has 0 saturated carbocycles. The Balaban J connectivity index is 0.00000280. The summed E-state index contributed by atoms with van der Waals surface area (Å²) in [5.74, 6) is 1.09. The van der Waals surface area contributed by atoms with E-state index in [4.69, 9.17) is 9.47 Å². The highest BCUT2D eigenvalue weighted by molar-refractivity contribution is 5.85. The number of hydrogen-bond acceptors (Lipinski definition) is 4. The zero-order chi connectivity index (χ0) is 19.4. The molecule has 154 valence electrons. The molecule has 0 amide bonds. The van der Waals surface area contributed by atoms with Crippen LogP contribution in [0.5, 0.6) is 17.2 Å². The number of hydrogen-bond donors (Lipinski definition) is 1. The maximum atomic E-state index is 12.5. The van der Waals surface area contributed by atoms with E-state index in [0.717, 1.165) is 17.5 Å². The Kier molecular flexibility index (Phi) is 7.43. The molecule has 3 rings (SSSR count). The number of rotatable bonds is 6. The van der Waals surface area contributed by atoms with Gasteiger partial charge < -0.3 is 19.5 Å². The molecule has 8 heteroatoms. The van der Waals surface area contributed by atoms with E-state index in [2.05, 4.69) is 10.1 Å². The lowest BCUT2D eigenvalue weighted by Gasteiger charge is -2.29. The summed E-state index contributed by atoms with van der Waals surface area (Å²) in [5, 5.41) is 3.37. The standard InChI is InChI=1S/C20H22F3NO3.ClH/c1-3-25-17-11-13-8-9-24-19(16(13)12-18(17)26-4-2)14-6-5-7-15(10-14)27-20(21,22)23;/h5-7,10-12,19,24H,3-4,8-9H2,1-2H3;1H. The van der Waals surface area contributed by atoms with Gasteiger partial charge in [-0.05, 0) is 61.2 Å². The third-order valence-electron chi connectivity index (χ3n) is 4.28. The Morgan fingerprint density at radius 3 is 2.36 bits per heavy atom. The number of ether oxygens (including phenoxy) is 3. The van der Waals surface area contributed by atoms with E-state index < -0.39 is 6.36 Å². The molecule has 0 saturated heterocycles. The van der Waals surface area contributed by atoms with Crippen molar-refractivity contribution in [3.8, 4) is 17.2 Å². The molecule has 1 aliphatic rings.